The fourth-order valence-corrected chi connectivity index (χ4v) is 0.574. The largest absolute Gasteiger partial charge is 0.305 e. The van der Waals surface area contributed by atoms with Crippen molar-refractivity contribution in [2.24, 2.45) is 0 Å². The Morgan fingerprint density at radius 1 is 0.833 bits per heavy atom. The monoisotopic (exact) mass is 166 g/mol. The average Bonchev–Trinajstić information content (AvgIpc) is 1.95. The van der Waals surface area contributed by atoms with Gasteiger partial charge < -0.3 is 9.80 Å². The van der Waals surface area contributed by atoms with E-state index in [-0.39, 0.29) is 0 Å². The van der Waals surface area contributed by atoms with Crippen LogP contribution in [0.3, 0.4) is 0 Å². The van der Waals surface area contributed by atoms with Crippen LogP contribution in [-0.4, -0.2) is 51.1 Å². The first-order chi connectivity index (χ1) is 5.63. The highest BCUT2D eigenvalue weighted by molar-refractivity contribution is 4.88. The zero-order valence-corrected chi connectivity index (χ0v) is 8.46. The molecule has 0 atom stereocenters. The van der Waals surface area contributed by atoms with Crippen molar-refractivity contribution in [1.29, 1.82) is 0 Å². The first-order valence-corrected chi connectivity index (χ1v) is 4.07. The molecule has 0 aromatic heterocycles. The maximum absolute atomic E-state index is 2.97. The third kappa shape index (κ3) is 9.22. The number of hydrogen-bond acceptors (Lipinski definition) is 2. The van der Waals surface area contributed by atoms with E-state index in [4.69, 9.17) is 0 Å². The van der Waals surface area contributed by atoms with Gasteiger partial charge in [0.05, 0.1) is 0 Å². The second-order valence-corrected chi connectivity index (χ2v) is 3.22. The summed E-state index contributed by atoms with van der Waals surface area (Å²) in [5, 5.41) is 0. The molecule has 0 saturated carbocycles. The second kappa shape index (κ2) is 6.90. The van der Waals surface area contributed by atoms with Gasteiger partial charge in [-0.3, -0.25) is 0 Å². The molecule has 68 valence electrons. The molecule has 12 heavy (non-hydrogen) atoms. The van der Waals surface area contributed by atoms with E-state index in [1.807, 2.05) is 40.3 Å². The fraction of sp³-hybridized carbons (Fsp3) is 0.600. The van der Waals surface area contributed by atoms with Gasteiger partial charge in [-0.15, -0.1) is 0 Å². The zero-order valence-electron chi connectivity index (χ0n) is 8.46. The molecule has 0 fully saturated rings. The summed E-state index contributed by atoms with van der Waals surface area (Å²) in [5.74, 6) is 0. The number of nitrogens with zero attached hydrogens (tertiary/aromatic N) is 2. The van der Waals surface area contributed by atoms with Crippen molar-refractivity contribution >= 4 is 0 Å². The summed E-state index contributed by atoms with van der Waals surface area (Å²) in [6, 6.07) is 0. The van der Waals surface area contributed by atoms with Crippen molar-refractivity contribution in [3.8, 4) is 0 Å². The van der Waals surface area contributed by atoms with Crippen LogP contribution in [-0.2, 0) is 0 Å². The number of likely N-dealkylation sites (N-methyl/N-ethyl adjacent to an activating group) is 2. The number of rotatable bonds is 4. The normalized spacial score (nSPS) is 9.50. The summed E-state index contributed by atoms with van der Waals surface area (Å²) in [4.78, 5) is 4.17. The van der Waals surface area contributed by atoms with Gasteiger partial charge in [-0.1, -0.05) is 11.5 Å². The Morgan fingerprint density at radius 2 is 1.17 bits per heavy atom. The van der Waals surface area contributed by atoms with E-state index in [9.17, 15) is 0 Å². The molecule has 0 rings (SSSR count). The first kappa shape index (κ1) is 11.2. The fourth-order valence-electron chi connectivity index (χ4n) is 0.574. The van der Waals surface area contributed by atoms with Crippen LogP contribution >= 0.6 is 0 Å². The minimum atomic E-state index is 0.919. The average molecular weight is 166 g/mol. The Kier molecular flexibility index (Phi) is 6.45. The molecule has 0 aliphatic rings. The molecule has 0 radical (unpaired) electrons. The molecule has 0 aliphatic carbocycles. The van der Waals surface area contributed by atoms with E-state index in [0.29, 0.717) is 0 Å². The van der Waals surface area contributed by atoms with E-state index in [1.165, 1.54) is 0 Å². The van der Waals surface area contributed by atoms with Gasteiger partial charge in [-0.2, -0.15) is 0 Å². The van der Waals surface area contributed by atoms with Crippen molar-refractivity contribution in [3.63, 3.8) is 0 Å². The predicted molar refractivity (Wildman–Crippen MR) is 53.3 cm³/mol. The number of hydrogen-bond donors (Lipinski definition) is 0. The summed E-state index contributed by atoms with van der Waals surface area (Å²) in [5.41, 5.74) is 5.95. The minimum Gasteiger partial charge on any atom is -0.305 e. The van der Waals surface area contributed by atoms with E-state index in [0.717, 1.165) is 13.1 Å². The molecular formula is C10H18N2. The lowest BCUT2D eigenvalue weighted by atomic mass is 10.5. The van der Waals surface area contributed by atoms with Gasteiger partial charge in [0.1, 0.15) is 0 Å². The molecule has 0 spiro atoms. The van der Waals surface area contributed by atoms with Crippen molar-refractivity contribution in [3.05, 3.63) is 23.6 Å². The Balaban J connectivity index is 3.72. The second-order valence-electron chi connectivity index (χ2n) is 3.22. The third-order valence-corrected chi connectivity index (χ3v) is 1.20. The van der Waals surface area contributed by atoms with Gasteiger partial charge in [-0.25, -0.2) is 0 Å². The van der Waals surface area contributed by atoms with Crippen molar-refractivity contribution in [2.75, 3.05) is 41.3 Å². The molecule has 0 aromatic rings. The first-order valence-electron chi connectivity index (χ1n) is 4.07. The Labute approximate surface area is 75.5 Å². The smallest absolute Gasteiger partial charge is 0.0238 e. The van der Waals surface area contributed by atoms with E-state index < -0.39 is 0 Å². The van der Waals surface area contributed by atoms with E-state index >= 15 is 0 Å². The molecule has 0 N–H and O–H groups in total. The Bertz CT molecular complexity index is 170. The standard InChI is InChI=1S/C10H18N2/c1-11(2)9-7-5-6-8-10-12(3)4/h7-8H,9-10H2,1-4H3. The molecule has 0 saturated heterocycles. The van der Waals surface area contributed by atoms with Gasteiger partial charge in [0.15, 0.2) is 0 Å². The molecule has 0 amide bonds. The molecule has 0 bridgehead atoms. The topological polar surface area (TPSA) is 6.48 Å². The van der Waals surface area contributed by atoms with Crippen LogP contribution in [0.4, 0.5) is 0 Å². The molecule has 2 nitrogen and oxygen atoms in total. The van der Waals surface area contributed by atoms with Crippen LogP contribution in [0.25, 0.3) is 0 Å². The lowest BCUT2D eigenvalue weighted by Gasteiger charge is -2.01. The Morgan fingerprint density at radius 3 is 1.42 bits per heavy atom. The quantitative estimate of drug-likeness (QED) is 0.574. The molecule has 0 heterocycles. The molecule has 0 aromatic carbocycles. The van der Waals surface area contributed by atoms with Crippen LogP contribution in [0.5, 0.6) is 0 Å². The maximum atomic E-state index is 2.97. The molecule has 0 aliphatic heterocycles. The Hall–Kier alpha value is -0.780. The van der Waals surface area contributed by atoms with Gasteiger partial charge in [0, 0.05) is 13.1 Å². The van der Waals surface area contributed by atoms with Gasteiger partial charge in [-0.05, 0) is 40.3 Å². The lowest BCUT2D eigenvalue weighted by molar-refractivity contribution is 0.456. The highest BCUT2D eigenvalue weighted by Gasteiger charge is 1.79. The van der Waals surface area contributed by atoms with Crippen molar-refractivity contribution in [2.45, 2.75) is 0 Å². The molecular weight excluding hydrogens is 148 g/mol. The summed E-state index contributed by atoms with van der Waals surface area (Å²) in [7, 11) is 8.12. The molecule has 2 heteroatoms. The van der Waals surface area contributed by atoms with E-state index in [1.54, 1.807) is 0 Å². The summed E-state index contributed by atoms with van der Waals surface area (Å²) >= 11 is 0. The lowest BCUT2D eigenvalue weighted by Crippen LogP contribution is -2.10. The van der Waals surface area contributed by atoms with Crippen LogP contribution in [0.1, 0.15) is 0 Å². The maximum Gasteiger partial charge on any atom is 0.0238 e. The highest BCUT2D eigenvalue weighted by Crippen LogP contribution is 1.75. The van der Waals surface area contributed by atoms with Gasteiger partial charge in [0.25, 0.3) is 0 Å². The van der Waals surface area contributed by atoms with Crippen LogP contribution in [0.15, 0.2) is 23.6 Å². The predicted octanol–water partition coefficient (Wildman–Crippen LogP) is 0.976. The SMILES string of the molecule is CN(C)CC=C=C=CCN(C)C. The van der Waals surface area contributed by atoms with E-state index in [2.05, 4.69) is 21.3 Å². The van der Waals surface area contributed by atoms with Crippen LogP contribution in [0.2, 0.25) is 0 Å². The minimum absolute atomic E-state index is 0.919. The third-order valence-electron chi connectivity index (χ3n) is 1.20. The van der Waals surface area contributed by atoms with Crippen LogP contribution < -0.4 is 0 Å². The highest BCUT2D eigenvalue weighted by atomic mass is 15.0. The molecule has 0 unspecified atom stereocenters. The van der Waals surface area contributed by atoms with Gasteiger partial charge in [0.2, 0.25) is 0 Å². The summed E-state index contributed by atoms with van der Waals surface area (Å²) in [6.45, 7) is 1.84. The van der Waals surface area contributed by atoms with Crippen molar-refractivity contribution in [1.82, 2.24) is 9.80 Å². The van der Waals surface area contributed by atoms with Crippen molar-refractivity contribution < 1.29 is 0 Å². The van der Waals surface area contributed by atoms with Gasteiger partial charge >= 0.3 is 0 Å². The summed E-state index contributed by atoms with van der Waals surface area (Å²) in [6.07, 6.45) is 3.93. The zero-order chi connectivity index (χ0) is 9.40. The van der Waals surface area contributed by atoms with Crippen LogP contribution in [0, 0.1) is 0 Å². The summed E-state index contributed by atoms with van der Waals surface area (Å²) < 4.78 is 0.